The molecule has 1 saturated heterocycles. The number of fused-ring (bicyclic) bond motifs is 1. The van der Waals surface area contributed by atoms with Crippen molar-refractivity contribution in [2.24, 2.45) is 0 Å². The third-order valence-electron chi connectivity index (χ3n) is 4.87. The van der Waals surface area contributed by atoms with Crippen LogP contribution < -0.4 is 4.72 Å². The maximum absolute atomic E-state index is 12.4. The van der Waals surface area contributed by atoms with Gasteiger partial charge in [0.25, 0.3) is 0 Å². The summed E-state index contributed by atoms with van der Waals surface area (Å²) in [6.45, 7) is 2.35. The van der Waals surface area contributed by atoms with E-state index in [1.165, 1.54) is 11.3 Å². The molecule has 8 heteroatoms. The van der Waals surface area contributed by atoms with E-state index in [1.54, 1.807) is 23.7 Å². The SMILES string of the molecule is O=S(=O)(NC1CCN(Cc2c(Cl)ccc3cccnc23)CC1)c1cccs1. The molecule has 0 unspecified atom stereocenters. The van der Waals surface area contributed by atoms with Gasteiger partial charge in [0.1, 0.15) is 4.21 Å². The second kappa shape index (κ2) is 7.85. The number of benzene rings is 1. The predicted molar refractivity (Wildman–Crippen MR) is 110 cm³/mol. The molecule has 1 aliphatic heterocycles. The molecule has 27 heavy (non-hydrogen) atoms. The van der Waals surface area contributed by atoms with E-state index in [-0.39, 0.29) is 6.04 Å². The van der Waals surface area contributed by atoms with Crippen LogP contribution in [0.5, 0.6) is 0 Å². The number of aromatic nitrogens is 1. The van der Waals surface area contributed by atoms with Crippen LogP contribution in [-0.4, -0.2) is 37.4 Å². The fourth-order valence-corrected chi connectivity index (χ4v) is 5.98. The highest BCUT2D eigenvalue weighted by Crippen LogP contribution is 2.27. The van der Waals surface area contributed by atoms with Gasteiger partial charge in [-0.15, -0.1) is 11.3 Å². The summed E-state index contributed by atoms with van der Waals surface area (Å²) in [7, 11) is -3.41. The summed E-state index contributed by atoms with van der Waals surface area (Å²) < 4.78 is 28.0. The molecule has 0 bridgehead atoms. The number of sulfonamides is 1. The van der Waals surface area contributed by atoms with E-state index in [9.17, 15) is 8.42 Å². The summed E-state index contributed by atoms with van der Waals surface area (Å²) in [6.07, 6.45) is 3.34. The maximum atomic E-state index is 12.4. The smallest absolute Gasteiger partial charge is 0.250 e. The zero-order chi connectivity index (χ0) is 18.9. The molecule has 2 aromatic heterocycles. The summed E-state index contributed by atoms with van der Waals surface area (Å²) in [4.78, 5) is 6.81. The Morgan fingerprint density at radius 1 is 1.19 bits per heavy atom. The van der Waals surface area contributed by atoms with Crippen molar-refractivity contribution in [3.05, 3.63) is 58.6 Å². The van der Waals surface area contributed by atoms with Crippen molar-refractivity contribution >= 4 is 43.9 Å². The molecular formula is C19H20ClN3O2S2. The second-order valence-electron chi connectivity index (χ2n) is 6.70. The van der Waals surface area contributed by atoms with Crippen LogP contribution in [0.4, 0.5) is 0 Å². The van der Waals surface area contributed by atoms with Gasteiger partial charge in [0.05, 0.1) is 5.52 Å². The van der Waals surface area contributed by atoms with Crippen molar-refractivity contribution in [1.29, 1.82) is 0 Å². The van der Waals surface area contributed by atoms with E-state index in [4.69, 9.17) is 11.6 Å². The lowest BCUT2D eigenvalue weighted by atomic mass is 10.0. The van der Waals surface area contributed by atoms with Crippen LogP contribution >= 0.6 is 22.9 Å². The minimum absolute atomic E-state index is 0.0329. The predicted octanol–water partition coefficient (Wildman–Crippen LogP) is 3.89. The fraction of sp³-hybridized carbons (Fsp3) is 0.316. The van der Waals surface area contributed by atoms with Gasteiger partial charge in [-0.25, -0.2) is 13.1 Å². The number of nitrogens with one attached hydrogen (secondary N) is 1. The molecule has 4 rings (SSSR count). The number of hydrogen-bond acceptors (Lipinski definition) is 5. The highest BCUT2D eigenvalue weighted by Gasteiger charge is 2.25. The Morgan fingerprint density at radius 3 is 2.74 bits per heavy atom. The molecule has 142 valence electrons. The Balaban J connectivity index is 1.41. The van der Waals surface area contributed by atoms with E-state index in [2.05, 4.69) is 14.6 Å². The maximum Gasteiger partial charge on any atom is 0.250 e. The van der Waals surface area contributed by atoms with Crippen LogP contribution in [0.3, 0.4) is 0 Å². The molecule has 1 N–H and O–H groups in total. The van der Waals surface area contributed by atoms with Crippen LogP contribution in [0.25, 0.3) is 10.9 Å². The molecule has 5 nitrogen and oxygen atoms in total. The number of pyridine rings is 1. The molecule has 0 radical (unpaired) electrons. The van der Waals surface area contributed by atoms with Gasteiger partial charge in [-0.3, -0.25) is 9.88 Å². The zero-order valence-electron chi connectivity index (χ0n) is 14.6. The number of thiophene rings is 1. The van der Waals surface area contributed by atoms with E-state index in [0.717, 1.165) is 54.0 Å². The largest absolute Gasteiger partial charge is 0.299 e. The molecule has 3 aromatic rings. The van der Waals surface area contributed by atoms with Gasteiger partial charge in [-0.2, -0.15) is 0 Å². The lowest BCUT2D eigenvalue weighted by molar-refractivity contribution is 0.200. The molecule has 0 saturated carbocycles. The van der Waals surface area contributed by atoms with Crippen LogP contribution in [0.2, 0.25) is 5.02 Å². The Kier molecular flexibility index (Phi) is 5.48. The van der Waals surface area contributed by atoms with Gasteiger partial charge in [0.15, 0.2) is 0 Å². The minimum Gasteiger partial charge on any atom is -0.299 e. The second-order valence-corrected chi connectivity index (χ2v) is 10.0. The van der Waals surface area contributed by atoms with Crippen LogP contribution in [-0.2, 0) is 16.6 Å². The molecule has 0 spiro atoms. The van der Waals surface area contributed by atoms with Crippen LogP contribution in [0, 0.1) is 0 Å². The first-order chi connectivity index (χ1) is 13.0. The standard InChI is InChI=1S/C19H20ClN3O2S2/c20-17-6-5-14-3-1-9-21-19(14)16(17)13-23-10-7-15(8-11-23)22-27(24,25)18-4-2-12-26-18/h1-6,9,12,15,22H,7-8,10-11,13H2. The lowest BCUT2D eigenvalue weighted by Gasteiger charge is -2.32. The summed E-state index contributed by atoms with van der Waals surface area (Å²) in [5.74, 6) is 0. The molecule has 1 fully saturated rings. The van der Waals surface area contributed by atoms with Crippen molar-refractivity contribution in [3.8, 4) is 0 Å². The first kappa shape index (κ1) is 18.8. The van der Waals surface area contributed by atoms with Crippen molar-refractivity contribution < 1.29 is 8.42 Å². The number of rotatable bonds is 5. The molecular weight excluding hydrogens is 402 g/mol. The van der Waals surface area contributed by atoms with E-state index in [1.807, 2.05) is 24.3 Å². The summed E-state index contributed by atoms with van der Waals surface area (Å²) in [6, 6.07) is 11.2. The fourth-order valence-electron chi connectivity index (χ4n) is 3.46. The van der Waals surface area contributed by atoms with Gasteiger partial charge >= 0.3 is 0 Å². The Bertz CT molecular complexity index is 1030. The number of hydrogen-bond donors (Lipinski definition) is 1. The molecule has 0 amide bonds. The number of halogens is 1. The van der Waals surface area contributed by atoms with Crippen molar-refractivity contribution in [2.75, 3.05) is 13.1 Å². The normalized spacial score (nSPS) is 16.8. The van der Waals surface area contributed by atoms with E-state index in [0.29, 0.717) is 4.21 Å². The monoisotopic (exact) mass is 421 g/mol. The van der Waals surface area contributed by atoms with Gasteiger partial charge in [0, 0.05) is 47.8 Å². The molecule has 0 atom stereocenters. The summed E-state index contributed by atoms with van der Waals surface area (Å²) in [5, 5.41) is 3.58. The van der Waals surface area contributed by atoms with Gasteiger partial charge in [-0.05, 0) is 36.4 Å². The van der Waals surface area contributed by atoms with Gasteiger partial charge in [0.2, 0.25) is 10.0 Å². The van der Waals surface area contributed by atoms with E-state index >= 15 is 0 Å². The first-order valence-corrected chi connectivity index (χ1v) is 11.6. The van der Waals surface area contributed by atoms with Crippen molar-refractivity contribution in [3.63, 3.8) is 0 Å². The van der Waals surface area contributed by atoms with E-state index < -0.39 is 10.0 Å². The topological polar surface area (TPSA) is 62.3 Å². The third kappa shape index (κ3) is 4.17. The molecule has 1 aromatic carbocycles. The van der Waals surface area contributed by atoms with Crippen LogP contribution in [0.1, 0.15) is 18.4 Å². The first-order valence-electron chi connectivity index (χ1n) is 8.83. The molecule has 0 aliphatic carbocycles. The molecule has 3 heterocycles. The highest BCUT2D eigenvalue weighted by atomic mass is 35.5. The number of piperidine rings is 1. The number of likely N-dealkylation sites (tertiary alicyclic amines) is 1. The number of nitrogens with zero attached hydrogens (tertiary/aromatic N) is 2. The Hall–Kier alpha value is -1.51. The van der Waals surface area contributed by atoms with Crippen molar-refractivity contribution in [2.45, 2.75) is 29.6 Å². The highest BCUT2D eigenvalue weighted by molar-refractivity contribution is 7.91. The van der Waals surface area contributed by atoms with Gasteiger partial charge < -0.3 is 0 Å². The quantitative estimate of drug-likeness (QED) is 0.678. The Labute approximate surface area is 168 Å². The van der Waals surface area contributed by atoms with Gasteiger partial charge in [-0.1, -0.05) is 29.8 Å². The van der Waals surface area contributed by atoms with Crippen molar-refractivity contribution in [1.82, 2.24) is 14.6 Å². The molecule has 1 aliphatic rings. The van der Waals surface area contributed by atoms with Crippen LogP contribution in [0.15, 0.2) is 52.2 Å². The lowest BCUT2D eigenvalue weighted by Crippen LogP contribution is -2.44. The third-order valence-corrected chi connectivity index (χ3v) is 8.15. The zero-order valence-corrected chi connectivity index (χ0v) is 17.0. The Morgan fingerprint density at radius 2 is 2.00 bits per heavy atom. The summed E-state index contributed by atoms with van der Waals surface area (Å²) >= 11 is 7.68. The minimum atomic E-state index is -3.41. The summed E-state index contributed by atoms with van der Waals surface area (Å²) in [5.41, 5.74) is 1.97. The average Bonchev–Trinajstić information content (AvgIpc) is 3.21. The average molecular weight is 422 g/mol.